The molecule has 0 atom stereocenters. The zero-order valence-corrected chi connectivity index (χ0v) is 15.0. The van der Waals surface area contributed by atoms with Gasteiger partial charge in [-0.1, -0.05) is 6.07 Å². The maximum atomic E-state index is 12.3. The van der Waals surface area contributed by atoms with E-state index in [1.807, 2.05) is 52.0 Å². The molecule has 1 heterocycles. The maximum Gasteiger partial charge on any atom is 0.409 e. The molecule has 2 rings (SSSR count). The number of hydrogen-bond donors (Lipinski definition) is 1. The lowest BCUT2D eigenvalue weighted by Gasteiger charge is -2.35. The van der Waals surface area contributed by atoms with Gasteiger partial charge in [-0.2, -0.15) is 0 Å². The van der Waals surface area contributed by atoms with Gasteiger partial charge in [0.15, 0.2) is 0 Å². The monoisotopic (exact) mass is 333 g/mol. The zero-order valence-electron chi connectivity index (χ0n) is 15.0. The van der Waals surface area contributed by atoms with Crippen LogP contribution in [-0.2, 0) is 4.74 Å². The van der Waals surface area contributed by atoms with E-state index in [-0.39, 0.29) is 17.5 Å². The molecule has 0 aliphatic carbocycles. The Morgan fingerprint density at radius 3 is 2.42 bits per heavy atom. The first-order valence-electron chi connectivity index (χ1n) is 8.39. The van der Waals surface area contributed by atoms with Crippen molar-refractivity contribution in [3.8, 4) is 0 Å². The van der Waals surface area contributed by atoms with E-state index in [9.17, 15) is 9.59 Å². The van der Waals surface area contributed by atoms with Crippen LogP contribution in [0.15, 0.2) is 24.3 Å². The van der Waals surface area contributed by atoms with Gasteiger partial charge < -0.3 is 19.9 Å². The largest absolute Gasteiger partial charge is 0.450 e. The molecule has 1 aromatic carbocycles. The Bertz CT molecular complexity index is 587. The predicted octanol–water partition coefficient (Wildman–Crippen LogP) is 2.49. The summed E-state index contributed by atoms with van der Waals surface area (Å²) < 4.78 is 5.03. The number of amides is 2. The topological polar surface area (TPSA) is 61.9 Å². The molecule has 0 radical (unpaired) electrons. The average Bonchev–Trinajstić information content (AvgIpc) is 2.54. The van der Waals surface area contributed by atoms with Gasteiger partial charge in [0.1, 0.15) is 0 Å². The van der Waals surface area contributed by atoms with Gasteiger partial charge >= 0.3 is 6.09 Å². The lowest BCUT2D eigenvalue weighted by Crippen LogP contribution is -2.49. The first-order valence-corrected chi connectivity index (χ1v) is 8.39. The molecule has 0 saturated carbocycles. The van der Waals surface area contributed by atoms with Gasteiger partial charge in [0, 0.05) is 43.0 Å². The first kappa shape index (κ1) is 18.1. The minimum atomic E-state index is -0.266. The van der Waals surface area contributed by atoms with Crippen LogP contribution in [0.1, 0.15) is 38.1 Å². The molecule has 1 aromatic rings. The number of piperazine rings is 1. The molecule has 0 spiro atoms. The van der Waals surface area contributed by atoms with Crippen molar-refractivity contribution in [3.05, 3.63) is 29.8 Å². The summed E-state index contributed by atoms with van der Waals surface area (Å²) >= 11 is 0. The smallest absolute Gasteiger partial charge is 0.409 e. The van der Waals surface area contributed by atoms with Crippen LogP contribution >= 0.6 is 0 Å². The second-order valence-corrected chi connectivity index (χ2v) is 6.93. The minimum Gasteiger partial charge on any atom is -0.450 e. The summed E-state index contributed by atoms with van der Waals surface area (Å²) in [6.45, 7) is 10.8. The summed E-state index contributed by atoms with van der Waals surface area (Å²) in [5.41, 5.74) is 1.38. The van der Waals surface area contributed by atoms with E-state index in [1.165, 1.54) is 0 Å². The summed E-state index contributed by atoms with van der Waals surface area (Å²) in [6, 6.07) is 7.61. The van der Waals surface area contributed by atoms with E-state index >= 15 is 0 Å². The third kappa shape index (κ3) is 4.88. The summed E-state index contributed by atoms with van der Waals surface area (Å²) in [4.78, 5) is 28.0. The van der Waals surface area contributed by atoms with E-state index in [4.69, 9.17) is 4.74 Å². The van der Waals surface area contributed by atoms with Gasteiger partial charge in [-0.05, 0) is 45.9 Å². The van der Waals surface area contributed by atoms with E-state index < -0.39 is 0 Å². The van der Waals surface area contributed by atoms with Gasteiger partial charge in [-0.3, -0.25) is 4.79 Å². The zero-order chi connectivity index (χ0) is 17.7. The number of nitrogens with zero attached hydrogens (tertiary/aromatic N) is 2. The molecule has 2 amide bonds. The molecule has 0 bridgehead atoms. The van der Waals surface area contributed by atoms with Crippen molar-refractivity contribution in [2.75, 3.05) is 37.7 Å². The van der Waals surface area contributed by atoms with Crippen molar-refractivity contribution in [1.29, 1.82) is 0 Å². The molecule has 6 nitrogen and oxygen atoms in total. The second kappa shape index (κ2) is 7.55. The van der Waals surface area contributed by atoms with Crippen LogP contribution in [0.5, 0.6) is 0 Å². The highest BCUT2D eigenvalue weighted by atomic mass is 16.6. The van der Waals surface area contributed by atoms with Crippen molar-refractivity contribution in [2.24, 2.45) is 0 Å². The molecule has 24 heavy (non-hydrogen) atoms. The quantitative estimate of drug-likeness (QED) is 0.923. The molecule has 6 heteroatoms. The number of carbonyl (C=O) groups is 2. The molecule has 1 fully saturated rings. The lowest BCUT2D eigenvalue weighted by molar-refractivity contribution is 0.0919. The molecule has 1 saturated heterocycles. The number of rotatable bonds is 3. The highest BCUT2D eigenvalue weighted by Gasteiger charge is 2.23. The number of anilines is 1. The molecule has 0 aromatic heterocycles. The van der Waals surface area contributed by atoms with Gasteiger partial charge in [0.25, 0.3) is 5.91 Å². The molecular formula is C18H27N3O3. The molecular weight excluding hydrogens is 306 g/mol. The van der Waals surface area contributed by atoms with Crippen molar-refractivity contribution < 1.29 is 14.3 Å². The van der Waals surface area contributed by atoms with Gasteiger partial charge in [0.05, 0.1) is 6.61 Å². The summed E-state index contributed by atoms with van der Waals surface area (Å²) in [5, 5.41) is 2.97. The number of benzene rings is 1. The number of nitrogens with one attached hydrogen (secondary N) is 1. The van der Waals surface area contributed by atoms with E-state index in [0.29, 0.717) is 25.3 Å². The SMILES string of the molecule is CCOC(=O)N1CCN(c2cccc(C(=O)NC(C)(C)C)c2)CC1. The van der Waals surface area contributed by atoms with Crippen LogP contribution in [0.25, 0.3) is 0 Å². The van der Waals surface area contributed by atoms with Crippen LogP contribution in [-0.4, -0.2) is 55.2 Å². The van der Waals surface area contributed by atoms with Crippen LogP contribution in [0.3, 0.4) is 0 Å². The Kier molecular flexibility index (Phi) is 5.70. The van der Waals surface area contributed by atoms with Gasteiger partial charge in [-0.25, -0.2) is 4.79 Å². The molecule has 1 aliphatic rings. The lowest BCUT2D eigenvalue weighted by atomic mass is 10.1. The highest BCUT2D eigenvalue weighted by Crippen LogP contribution is 2.19. The van der Waals surface area contributed by atoms with Gasteiger partial charge in [0.2, 0.25) is 0 Å². The molecule has 1 N–H and O–H groups in total. The van der Waals surface area contributed by atoms with Gasteiger partial charge in [-0.15, -0.1) is 0 Å². The Hall–Kier alpha value is -2.24. The van der Waals surface area contributed by atoms with Crippen LogP contribution in [0.2, 0.25) is 0 Å². The fourth-order valence-electron chi connectivity index (χ4n) is 2.62. The first-order chi connectivity index (χ1) is 11.3. The molecule has 132 valence electrons. The third-order valence-electron chi connectivity index (χ3n) is 3.77. The second-order valence-electron chi connectivity index (χ2n) is 6.93. The number of hydrogen-bond acceptors (Lipinski definition) is 4. The van der Waals surface area contributed by atoms with Crippen molar-refractivity contribution in [3.63, 3.8) is 0 Å². The summed E-state index contributed by atoms with van der Waals surface area (Å²) in [6.07, 6.45) is -0.254. The van der Waals surface area contributed by atoms with Crippen molar-refractivity contribution >= 4 is 17.7 Å². The van der Waals surface area contributed by atoms with E-state index in [2.05, 4.69) is 10.2 Å². The predicted molar refractivity (Wildman–Crippen MR) is 94.5 cm³/mol. The average molecular weight is 333 g/mol. The van der Waals surface area contributed by atoms with Crippen LogP contribution < -0.4 is 10.2 Å². The Balaban J connectivity index is 2.00. The Morgan fingerprint density at radius 2 is 1.83 bits per heavy atom. The highest BCUT2D eigenvalue weighted by molar-refractivity contribution is 5.95. The number of ether oxygens (including phenoxy) is 1. The maximum absolute atomic E-state index is 12.3. The standard InChI is InChI=1S/C18H27N3O3/c1-5-24-17(23)21-11-9-20(10-12-21)15-8-6-7-14(13-15)16(22)19-18(2,3)4/h6-8,13H,5,9-12H2,1-4H3,(H,19,22). The Labute approximate surface area is 143 Å². The molecule has 0 unspecified atom stereocenters. The van der Waals surface area contributed by atoms with Crippen molar-refractivity contribution in [2.45, 2.75) is 33.2 Å². The summed E-state index contributed by atoms with van der Waals surface area (Å²) in [5.74, 6) is -0.0745. The van der Waals surface area contributed by atoms with E-state index in [1.54, 1.807) is 4.90 Å². The normalized spacial score (nSPS) is 15.2. The molecule has 1 aliphatic heterocycles. The van der Waals surface area contributed by atoms with E-state index in [0.717, 1.165) is 18.8 Å². The number of carbonyl (C=O) groups excluding carboxylic acids is 2. The fraction of sp³-hybridized carbons (Fsp3) is 0.556. The van der Waals surface area contributed by atoms with Crippen LogP contribution in [0, 0.1) is 0 Å². The Morgan fingerprint density at radius 1 is 1.17 bits per heavy atom. The van der Waals surface area contributed by atoms with Crippen molar-refractivity contribution in [1.82, 2.24) is 10.2 Å². The minimum absolute atomic E-state index is 0.0745. The fourth-order valence-corrected chi connectivity index (χ4v) is 2.62. The van der Waals surface area contributed by atoms with Crippen LogP contribution in [0.4, 0.5) is 10.5 Å². The summed E-state index contributed by atoms with van der Waals surface area (Å²) in [7, 11) is 0. The third-order valence-corrected chi connectivity index (χ3v) is 3.77.